The van der Waals surface area contributed by atoms with E-state index >= 15 is 0 Å². The van der Waals surface area contributed by atoms with Gasteiger partial charge in [0.1, 0.15) is 0 Å². The third-order valence-electron chi connectivity index (χ3n) is 5.45. The lowest BCUT2D eigenvalue weighted by molar-refractivity contribution is 0.0302. The number of ether oxygens (including phenoxy) is 2. The molecular weight excluding hydrogens is 292 g/mol. The van der Waals surface area contributed by atoms with E-state index in [1.807, 2.05) is 18.5 Å². The van der Waals surface area contributed by atoms with Crippen LogP contribution < -0.4 is 4.90 Å². The Morgan fingerprint density at radius 1 is 1.00 bits per heavy atom. The summed E-state index contributed by atoms with van der Waals surface area (Å²) in [6, 6.07) is 2.56. The molecule has 0 aliphatic carbocycles. The van der Waals surface area contributed by atoms with E-state index in [1.54, 1.807) is 0 Å². The zero-order valence-electron chi connectivity index (χ0n) is 13.7. The molecule has 3 saturated heterocycles. The van der Waals surface area contributed by atoms with Crippen molar-refractivity contribution in [2.75, 3.05) is 57.5 Å². The molecular formula is C17H26N4O2. The largest absolute Gasteiger partial charge is 0.381 e. The SMILES string of the molecule is c1cnc(N2CCOC[C@@]3(CCN(C4CCOCC4)C3)C2)nc1. The van der Waals surface area contributed by atoms with Gasteiger partial charge in [-0.1, -0.05) is 0 Å². The Morgan fingerprint density at radius 2 is 1.83 bits per heavy atom. The molecule has 1 aromatic rings. The van der Waals surface area contributed by atoms with Gasteiger partial charge >= 0.3 is 0 Å². The minimum Gasteiger partial charge on any atom is -0.381 e. The number of nitrogens with zero attached hydrogens (tertiary/aromatic N) is 4. The van der Waals surface area contributed by atoms with E-state index in [9.17, 15) is 0 Å². The third-order valence-corrected chi connectivity index (χ3v) is 5.45. The van der Waals surface area contributed by atoms with Gasteiger partial charge in [-0.2, -0.15) is 0 Å². The van der Waals surface area contributed by atoms with Crippen LogP contribution in [0, 0.1) is 5.41 Å². The average molecular weight is 318 g/mol. The fraction of sp³-hybridized carbons (Fsp3) is 0.765. The predicted molar refractivity (Wildman–Crippen MR) is 87.5 cm³/mol. The first-order chi connectivity index (χ1) is 11.3. The van der Waals surface area contributed by atoms with E-state index in [0.717, 1.165) is 52.0 Å². The Labute approximate surface area is 137 Å². The van der Waals surface area contributed by atoms with Crippen LogP contribution in [0.3, 0.4) is 0 Å². The fourth-order valence-electron chi connectivity index (χ4n) is 4.20. The number of hydrogen-bond acceptors (Lipinski definition) is 6. The highest BCUT2D eigenvalue weighted by Gasteiger charge is 2.43. The van der Waals surface area contributed by atoms with Crippen molar-refractivity contribution in [3.05, 3.63) is 18.5 Å². The Kier molecular flexibility index (Phi) is 4.46. The van der Waals surface area contributed by atoms with Crippen LogP contribution in [0.1, 0.15) is 19.3 Å². The molecule has 23 heavy (non-hydrogen) atoms. The van der Waals surface area contributed by atoms with E-state index in [1.165, 1.54) is 25.8 Å². The van der Waals surface area contributed by atoms with Crippen molar-refractivity contribution >= 4 is 5.95 Å². The highest BCUT2D eigenvalue weighted by atomic mass is 16.5. The molecule has 4 rings (SSSR count). The van der Waals surface area contributed by atoms with Crippen molar-refractivity contribution in [2.24, 2.45) is 5.41 Å². The molecule has 3 fully saturated rings. The summed E-state index contributed by atoms with van der Waals surface area (Å²) in [7, 11) is 0. The van der Waals surface area contributed by atoms with Crippen molar-refractivity contribution in [1.29, 1.82) is 0 Å². The van der Waals surface area contributed by atoms with E-state index < -0.39 is 0 Å². The summed E-state index contributed by atoms with van der Waals surface area (Å²) < 4.78 is 11.5. The zero-order valence-corrected chi connectivity index (χ0v) is 13.7. The van der Waals surface area contributed by atoms with Crippen LogP contribution in [0.15, 0.2) is 18.5 Å². The van der Waals surface area contributed by atoms with Gasteiger partial charge in [0.05, 0.1) is 13.2 Å². The maximum absolute atomic E-state index is 5.97. The molecule has 3 aliphatic rings. The summed E-state index contributed by atoms with van der Waals surface area (Å²) in [4.78, 5) is 13.8. The highest BCUT2D eigenvalue weighted by Crippen LogP contribution is 2.36. The van der Waals surface area contributed by atoms with E-state index in [4.69, 9.17) is 9.47 Å². The molecule has 1 aromatic heterocycles. The summed E-state index contributed by atoms with van der Waals surface area (Å²) in [5.41, 5.74) is 0.216. The molecule has 3 aliphatic heterocycles. The van der Waals surface area contributed by atoms with Crippen molar-refractivity contribution < 1.29 is 9.47 Å². The second-order valence-electron chi connectivity index (χ2n) is 7.09. The number of likely N-dealkylation sites (tertiary alicyclic amines) is 1. The lowest BCUT2D eigenvalue weighted by Crippen LogP contribution is -2.44. The van der Waals surface area contributed by atoms with Gasteiger partial charge in [0, 0.05) is 56.7 Å². The molecule has 126 valence electrons. The Balaban J connectivity index is 1.46. The Bertz CT molecular complexity index is 509. The third kappa shape index (κ3) is 3.34. The monoisotopic (exact) mass is 318 g/mol. The van der Waals surface area contributed by atoms with E-state index in [-0.39, 0.29) is 5.41 Å². The van der Waals surface area contributed by atoms with Crippen molar-refractivity contribution in [2.45, 2.75) is 25.3 Å². The minimum atomic E-state index is 0.216. The maximum Gasteiger partial charge on any atom is 0.225 e. The van der Waals surface area contributed by atoms with Gasteiger partial charge in [0.2, 0.25) is 5.95 Å². The number of hydrogen-bond donors (Lipinski definition) is 0. The quantitative estimate of drug-likeness (QED) is 0.816. The first-order valence-electron chi connectivity index (χ1n) is 8.76. The molecule has 0 saturated carbocycles. The van der Waals surface area contributed by atoms with Gasteiger partial charge in [0.25, 0.3) is 0 Å². The van der Waals surface area contributed by atoms with Gasteiger partial charge in [-0.25, -0.2) is 9.97 Å². The van der Waals surface area contributed by atoms with Crippen molar-refractivity contribution in [3.8, 4) is 0 Å². The van der Waals surface area contributed by atoms with Gasteiger partial charge < -0.3 is 14.4 Å². The second kappa shape index (κ2) is 6.71. The number of rotatable bonds is 2. The molecule has 1 atom stereocenters. The second-order valence-corrected chi connectivity index (χ2v) is 7.09. The Hall–Kier alpha value is -1.24. The van der Waals surface area contributed by atoms with Crippen molar-refractivity contribution in [3.63, 3.8) is 0 Å². The highest BCUT2D eigenvalue weighted by molar-refractivity contribution is 5.30. The van der Waals surface area contributed by atoms with Gasteiger partial charge in [-0.3, -0.25) is 4.90 Å². The first kappa shape index (κ1) is 15.3. The molecule has 0 radical (unpaired) electrons. The number of anilines is 1. The van der Waals surface area contributed by atoms with Gasteiger partial charge in [-0.15, -0.1) is 0 Å². The summed E-state index contributed by atoms with van der Waals surface area (Å²) in [5.74, 6) is 0.835. The van der Waals surface area contributed by atoms with Gasteiger partial charge in [0.15, 0.2) is 0 Å². The van der Waals surface area contributed by atoms with Crippen LogP contribution in [0.4, 0.5) is 5.95 Å². The molecule has 6 heteroatoms. The molecule has 0 aromatic carbocycles. The van der Waals surface area contributed by atoms with E-state index in [0.29, 0.717) is 6.04 Å². The molecule has 0 amide bonds. The maximum atomic E-state index is 5.97. The fourth-order valence-corrected chi connectivity index (χ4v) is 4.20. The normalized spacial score (nSPS) is 30.7. The molecule has 4 heterocycles. The topological polar surface area (TPSA) is 50.7 Å². The van der Waals surface area contributed by atoms with Crippen LogP contribution in [-0.2, 0) is 9.47 Å². The van der Waals surface area contributed by atoms with Crippen LogP contribution in [0.2, 0.25) is 0 Å². The van der Waals surface area contributed by atoms with E-state index in [2.05, 4.69) is 19.8 Å². The summed E-state index contributed by atoms with van der Waals surface area (Å²) in [6.45, 7) is 7.62. The molecule has 0 unspecified atom stereocenters. The molecule has 0 N–H and O–H groups in total. The first-order valence-corrected chi connectivity index (χ1v) is 8.76. The van der Waals surface area contributed by atoms with Gasteiger partial charge in [-0.05, 0) is 31.9 Å². The van der Waals surface area contributed by atoms with Crippen LogP contribution in [0.25, 0.3) is 0 Å². The van der Waals surface area contributed by atoms with Crippen LogP contribution >= 0.6 is 0 Å². The van der Waals surface area contributed by atoms with Crippen LogP contribution in [0.5, 0.6) is 0 Å². The smallest absolute Gasteiger partial charge is 0.225 e. The lowest BCUT2D eigenvalue weighted by Gasteiger charge is -2.35. The lowest BCUT2D eigenvalue weighted by atomic mass is 9.87. The molecule has 6 nitrogen and oxygen atoms in total. The predicted octanol–water partition coefficient (Wildman–Crippen LogP) is 1.18. The minimum absolute atomic E-state index is 0.216. The zero-order chi connectivity index (χ0) is 15.5. The summed E-state index contributed by atoms with van der Waals surface area (Å²) >= 11 is 0. The van der Waals surface area contributed by atoms with Crippen LogP contribution in [-0.4, -0.2) is 73.5 Å². The molecule has 1 spiro atoms. The van der Waals surface area contributed by atoms with Crippen molar-refractivity contribution in [1.82, 2.24) is 14.9 Å². The Morgan fingerprint density at radius 3 is 2.65 bits per heavy atom. The number of aromatic nitrogens is 2. The average Bonchev–Trinajstić information content (AvgIpc) is 2.91. The molecule has 0 bridgehead atoms. The summed E-state index contributed by atoms with van der Waals surface area (Å²) in [6.07, 6.45) is 7.19. The standard InChI is InChI=1S/C17H26N4O2/c1-5-18-16(19-6-1)21-8-11-23-14-17(13-21)4-7-20(12-17)15-2-9-22-10-3-15/h1,5-6,15H,2-4,7-14H2/t17-/m1/s1. The summed E-state index contributed by atoms with van der Waals surface area (Å²) in [5, 5.41) is 0.